The van der Waals surface area contributed by atoms with Crippen LogP contribution in [0.25, 0.3) is 0 Å². The zero-order valence-corrected chi connectivity index (χ0v) is 24.1. The van der Waals surface area contributed by atoms with Gasteiger partial charge >= 0.3 is 12.2 Å². The normalized spacial score (nSPS) is 19.8. The number of nitrogen functional groups attached to an aromatic ring is 1. The monoisotopic (exact) mass is 571 g/mol. The molecule has 0 aromatic heterocycles. The molecule has 7 nitrogen and oxygen atoms in total. The molecule has 2 aliphatic rings. The van der Waals surface area contributed by atoms with Gasteiger partial charge in [0.1, 0.15) is 11.7 Å². The number of nitrogens with zero attached hydrogens (tertiary/aromatic N) is 1. The first-order valence-electron chi connectivity index (χ1n) is 12.8. The Morgan fingerprint density at radius 3 is 2.49 bits per heavy atom. The topological polar surface area (TPSA) is 93.9 Å². The van der Waals surface area contributed by atoms with Crippen LogP contribution in [0.4, 0.5) is 15.3 Å². The van der Waals surface area contributed by atoms with Gasteiger partial charge in [-0.1, -0.05) is 51.1 Å². The molecule has 2 aromatic carbocycles. The summed E-state index contributed by atoms with van der Waals surface area (Å²) in [7, 11) is 0. The van der Waals surface area contributed by atoms with Crippen molar-refractivity contribution < 1.29 is 19.1 Å². The highest BCUT2D eigenvalue weighted by molar-refractivity contribution is 9.10. The van der Waals surface area contributed by atoms with Gasteiger partial charge in [0.2, 0.25) is 0 Å². The highest BCUT2D eigenvalue weighted by Gasteiger charge is 2.56. The van der Waals surface area contributed by atoms with Crippen LogP contribution in [0, 0.1) is 0 Å². The molecule has 37 heavy (non-hydrogen) atoms. The van der Waals surface area contributed by atoms with E-state index in [9.17, 15) is 9.59 Å². The molecular weight excluding hydrogens is 534 g/mol. The first-order valence-corrected chi connectivity index (χ1v) is 13.6. The second-order valence-corrected chi connectivity index (χ2v) is 13.1. The maximum absolute atomic E-state index is 13.2. The lowest BCUT2D eigenvalue weighted by molar-refractivity contribution is 0.0436. The Balaban J connectivity index is 1.58. The number of amides is 2. The molecule has 3 N–H and O–H groups in total. The van der Waals surface area contributed by atoms with E-state index in [1.165, 1.54) is 5.56 Å². The number of carbonyl (C=O) groups excluding carboxylic acids is 2. The lowest BCUT2D eigenvalue weighted by Gasteiger charge is -2.29. The molecule has 2 fully saturated rings. The Morgan fingerprint density at radius 1 is 1.19 bits per heavy atom. The molecule has 0 bridgehead atoms. The minimum Gasteiger partial charge on any atom is -0.444 e. The predicted octanol–water partition coefficient (Wildman–Crippen LogP) is 6.27. The van der Waals surface area contributed by atoms with Crippen LogP contribution >= 0.6 is 15.9 Å². The molecule has 1 saturated carbocycles. The van der Waals surface area contributed by atoms with Crippen LogP contribution in [0.2, 0.25) is 0 Å². The van der Waals surface area contributed by atoms with Crippen molar-refractivity contribution in [2.45, 2.75) is 89.5 Å². The number of cyclic esters (lactones) is 1. The van der Waals surface area contributed by atoms with E-state index in [0.717, 1.165) is 28.4 Å². The lowest BCUT2D eigenvalue weighted by Crippen LogP contribution is -2.48. The molecule has 2 aromatic rings. The van der Waals surface area contributed by atoms with Gasteiger partial charge < -0.3 is 20.5 Å². The van der Waals surface area contributed by atoms with Gasteiger partial charge in [0.15, 0.2) is 0 Å². The smallest absolute Gasteiger partial charge is 0.411 e. The fourth-order valence-electron chi connectivity index (χ4n) is 4.84. The van der Waals surface area contributed by atoms with Crippen molar-refractivity contribution in [3.63, 3.8) is 0 Å². The fourth-order valence-corrected chi connectivity index (χ4v) is 5.26. The van der Waals surface area contributed by atoms with Crippen LogP contribution in [0.5, 0.6) is 0 Å². The number of hydrogen-bond donors (Lipinski definition) is 2. The van der Waals surface area contributed by atoms with Crippen molar-refractivity contribution in [3.05, 3.63) is 63.6 Å². The van der Waals surface area contributed by atoms with E-state index in [1.807, 2.05) is 43.9 Å². The van der Waals surface area contributed by atoms with Crippen molar-refractivity contribution in [1.29, 1.82) is 0 Å². The number of hydrogen-bond acceptors (Lipinski definition) is 5. The van der Waals surface area contributed by atoms with Gasteiger partial charge in [0.25, 0.3) is 0 Å². The Hall–Kier alpha value is -2.74. The minimum atomic E-state index is -0.645. The highest BCUT2D eigenvalue weighted by atomic mass is 79.9. The molecule has 1 saturated heterocycles. The standard InChI is InChI=1S/C29H38BrN3O4/c1-27(2,3)19-8-7-9-20(16-19)29(12-13-29)33-17-24(36-26(33)35)23(32-25(34)37-28(4,5)6)15-18-10-11-22(31)21(30)14-18/h7-11,14,16,23-24H,12-13,15,17,31H2,1-6H3,(H,32,34)/t23-,24+/m0/s1. The van der Waals surface area contributed by atoms with Gasteiger partial charge in [-0.3, -0.25) is 4.90 Å². The van der Waals surface area contributed by atoms with Gasteiger partial charge in [-0.2, -0.15) is 0 Å². The largest absolute Gasteiger partial charge is 0.444 e. The number of ether oxygens (including phenoxy) is 2. The average Bonchev–Trinajstić information content (AvgIpc) is 3.50. The van der Waals surface area contributed by atoms with Crippen molar-refractivity contribution >= 4 is 33.8 Å². The molecule has 2 atom stereocenters. The number of carbonyl (C=O) groups is 2. The van der Waals surface area contributed by atoms with E-state index in [-0.39, 0.29) is 17.0 Å². The van der Waals surface area contributed by atoms with E-state index in [0.29, 0.717) is 18.7 Å². The molecule has 8 heteroatoms. The Labute approximate surface area is 228 Å². The van der Waals surface area contributed by atoms with Crippen LogP contribution in [0.1, 0.15) is 71.1 Å². The van der Waals surface area contributed by atoms with E-state index < -0.39 is 23.8 Å². The molecular formula is C29H38BrN3O4. The second kappa shape index (κ2) is 9.86. The van der Waals surface area contributed by atoms with Crippen LogP contribution in [-0.2, 0) is 26.8 Å². The van der Waals surface area contributed by atoms with E-state index in [4.69, 9.17) is 15.2 Å². The third kappa shape index (κ3) is 6.22. The van der Waals surface area contributed by atoms with Gasteiger partial charge in [0.05, 0.1) is 18.1 Å². The first kappa shape index (κ1) is 27.3. The summed E-state index contributed by atoms with van der Waals surface area (Å²) in [4.78, 5) is 27.8. The summed E-state index contributed by atoms with van der Waals surface area (Å²) in [5.74, 6) is 0. The molecule has 1 heterocycles. The SMILES string of the molecule is CC(C)(C)OC(=O)N[C@@H](Cc1ccc(N)c(Br)c1)[C@H]1CN(C2(c3cccc(C(C)(C)C)c3)CC2)C(=O)O1. The summed E-state index contributed by atoms with van der Waals surface area (Å²) in [6.07, 6.45) is 0.809. The van der Waals surface area contributed by atoms with Gasteiger partial charge in [-0.05, 0) is 90.2 Å². The number of rotatable bonds is 6. The summed E-state index contributed by atoms with van der Waals surface area (Å²) < 4.78 is 12.2. The number of nitrogens with one attached hydrogen (secondary N) is 1. The molecule has 1 aliphatic carbocycles. The Kier molecular flexibility index (Phi) is 7.27. The van der Waals surface area contributed by atoms with E-state index >= 15 is 0 Å². The third-order valence-electron chi connectivity index (χ3n) is 7.01. The molecule has 2 amide bonds. The van der Waals surface area contributed by atoms with Gasteiger partial charge in [0, 0.05) is 10.2 Å². The van der Waals surface area contributed by atoms with Crippen LogP contribution in [-0.4, -0.2) is 41.4 Å². The van der Waals surface area contributed by atoms with Gasteiger partial charge in [-0.25, -0.2) is 9.59 Å². The zero-order valence-electron chi connectivity index (χ0n) is 22.6. The Bertz CT molecular complexity index is 1180. The van der Waals surface area contributed by atoms with Crippen molar-refractivity contribution in [1.82, 2.24) is 10.2 Å². The average molecular weight is 573 g/mol. The number of benzene rings is 2. The molecule has 0 radical (unpaired) electrons. The number of alkyl carbamates (subject to hydrolysis) is 1. The maximum Gasteiger partial charge on any atom is 0.411 e. The van der Waals surface area contributed by atoms with Crippen LogP contribution < -0.4 is 11.1 Å². The number of anilines is 1. The number of nitrogens with two attached hydrogens (primary N) is 1. The first-order chi connectivity index (χ1) is 17.2. The fraction of sp³-hybridized carbons (Fsp3) is 0.517. The van der Waals surface area contributed by atoms with Crippen LogP contribution in [0.15, 0.2) is 46.9 Å². The minimum absolute atomic E-state index is 0.00985. The number of halogens is 1. The summed E-state index contributed by atoms with van der Waals surface area (Å²) in [6, 6.07) is 13.7. The van der Waals surface area contributed by atoms with E-state index in [2.05, 4.69) is 66.3 Å². The zero-order chi connectivity index (χ0) is 27.2. The quantitative estimate of drug-likeness (QED) is 0.398. The van der Waals surface area contributed by atoms with E-state index in [1.54, 1.807) is 0 Å². The second-order valence-electron chi connectivity index (χ2n) is 12.2. The van der Waals surface area contributed by atoms with Crippen molar-refractivity contribution in [2.75, 3.05) is 12.3 Å². The third-order valence-corrected chi connectivity index (χ3v) is 7.70. The molecule has 4 rings (SSSR count). The molecule has 1 aliphatic heterocycles. The maximum atomic E-state index is 13.2. The summed E-state index contributed by atoms with van der Waals surface area (Å²) in [5.41, 5.74) is 8.92. The summed E-state index contributed by atoms with van der Waals surface area (Å²) in [6.45, 7) is 12.4. The lowest BCUT2D eigenvalue weighted by atomic mass is 9.85. The molecule has 200 valence electrons. The predicted molar refractivity (Wildman–Crippen MR) is 148 cm³/mol. The van der Waals surface area contributed by atoms with Crippen LogP contribution in [0.3, 0.4) is 0 Å². The van der Waals surface area contributed by atoms with Crippen molar-refractivity contribution in [3.8, 4) is 0 Å². The Morgan fingerprint density at radius 2 is 1.89 bits per heavy atom. The van der Waals surface area contributed by atoms with Gasteiger partial charge in [-0.15, -0.1) is 0 Å². The molecule has 0 unspecified atom stereocenters. The summed E-state index contributed by atoms with van der Waals surface area (Å²) in [5, 5.41) is 2.97. The summed E-state index contributed by atoms with van der Waals surface area (Å²) >= 11 is 3.48. The highest BCUT2D eigenvalue weighted by Crippen LogP contribution is 2.53. The molecule has 0 spiro atoms. The van der Waals surface area contributed by atoms with Crippen molar-refractivity contribution in [2.24, 2.45) is 0 Å².